The van der Waals surface area contributed by atoms with E-state index >= 15 is 0 Å². The van der Waals surface area contributed by atoms with E-state index in [0.717, 1.165) is 22.2 Å². The number of ether oxygens (including phenoxy) is 1. The number of anilines is 1. The number of para-hydroxylation sites is 1. The van der Waals surface area contributed by atoms with Crippen LogP contribution in [0.4, 0.5) is 10.3 Å². The number of carbonyl (C=O) groups is 1. The summed E-state index contributed by atoms with van der Waals surface area (Å²) in [5.74, 6) is -0.0633. The Morgan fingerprint density at radius 1 is 1.14 bits per heavy atom. The number of carboxylic acids is 1. The van der Waals surface area contributed by atoms with Crippen LogP contribution in [0.15, 0.2) is 59.7 Å². The SMILES string of the molecule is CC(F)Oc1ccccc1Cn1c2cc(-c3cnc(N4CCC(C(=O)O)CC4)nc3)ccc2c(=O)n1C. The van der Waals surface area contributed by atoms with Crippen LogP contribution in [0.5, 0.6) is 5.75 Å². The lowest BCUT2D eigenvalue weighted by atomic mass is 9.97. The van der Waals surface area contributed by atoms with E-state index in [9.17, 15) is 19.1 Å². The molecule has 1 aliphatic heterocycles. The molecule has 1 atom stereocenters. The van der Waals surface area contributed by atoms with Crippen LogP contribution in [0.3, 0.4) is 0 Å². The summed E-state index contributed by atoms with van der Waals surface area (Å²) in [6.07, 6.45) is 3.17. The third-order valence-corrected chi connectivity index (χ3v) is 6.84. The van der Waals surface area contributed by atoms with E-state index in [4.69, 9.17) is 4.74 Å². The van der Waals surface area contributed by atoms with Crippen molar-refractivity contribution < 1.29 is 19.0 Å². The molecular formula is C27H28FN5O4. The number of halogens is 1. The number of nitrogens with zero attached hydrogens (tertiary/aromatic N) is 5. The van der Waals surface area contributed by atoms with Crippen LogP contribution < -0.4 is 15.2 Å². The maximum atomic E-state index is 13.6. The second-order valence-corrected chi connectivity index (χ2v) is 9.26. The molecule has 0 amide bonds. The third kappa shape index (κ3) is 4.91. The van der Waals surface area contributed by atoms with E-state index in [1.54, 1.807) is 42.3 Å². The number of aromatic nitrogens is 4. The highest BCUT2D eigenvalue weighted by atomic mass is 19.1. The standard InChI is InChI=1S/C27H28FN5O4/c1-17(28)37-24-6-4-3-5-20(24)16-33-23-13-19(7-8-22(23)25(34)31(33)2)21-14-29-27(30-15-21)32-11-9-18(10-12-32)26(35)36/h3-8,13-15,17-18H,9-12,16H2,1-2H3,(H,35,36). The molecule has 0 saturated carbocycles. The summed E-state index contributed by atoms with van der Waals surface area (Å²) in [5.41, 5.74) is 3.00. The van der Waals surface area contributed by atoms with Gasteiger partial charge in [0.05, 0.1) is 23.4 Å². The number of piperidine rings is 1. The fraction of sp³-hybridized carbons (Fsp3) is 0.333. The first kappa shape index (κ1) is 24.5. The highest BCUT2D eigenvalue weighted by Gasteiger charge is 2.25. The van der Waals surface area contributed by atoms with E-state index in [1.165, 1.54) is 6.92 Å². The number of benzene rings is 2. The van der Waals surface area contributed by atoms with Gasteiger partial charge in [-0.25, -0.2) is 14.4 Å². The molecule has 0 bridgehead atoms. The highest BCUT2D eigenvalue weighted by molar-refractivity contribution is 5.84. The van der Waals surface area contributed by atoms with Crippen LogP contribution in [0.25, 0.3) is 22.0 Å². The molecule has 1 unspecified atom stereocenters. The Bertz CT molecular complexity index is 1490. The van der Waals surface area contributed by atoms with Gasteiger partial charge in [-0.05, 0) is 36.6 Å². The Morgan fingerprint density at radius 2 is 1.84 bits per heavy atom. The van der Waals surface area contributed by atoms with E-state index in [1.807, 2.05) is 33.8 Å². The Balaban J connectivity index is 1.43. The van der Waals surface area contributed by atoms with Crippen LogP contribution in [0.1, 0.15) is 25.3 Å². The number of hydrogen-bond acceptors (Lipinski definition) is 6. The number of alkyl halides is 1. The van der Waals surface area contributed by atoms with Gasteiger partial charge in [0.15, 0.2) is 0 Å². The van der Waals surface area contributed by atoms with E-state index in [2.05, 4.69) is 9.97 Å². The number of rotatable bonds is 7. The average molecular weight is 506 g/mol. The molecule has 4 aromatic rings. The topological polar surface area (TPSA) is 102 Å². The minimum Gasteiger partial charge on any atom is -0.481 e. The molecular weight excluding hydrogens is 477 g/mol. The minimum atomic E-state index is -1.45. The first-order valence-corrected chi connectivity index (χ1v) is 12.2. The van der Waals surface area contributed by atoms with Crippen molar-refractivity contribution in [3.8, 4) is 16.9 Å². The van der Waals surface area contributed by atoms with Gasteiger partial charge >= 0.3 is 5.97 Å². The fourth-order valence-corrected chi connectivity index (χ4v) is 4.79. The zero-order chi connectivity index (χ0) is 26.1. The first-order valence-electron chi connectivity index (χ1n) is 12.2. The molecule has 3 heterocycles. The summed E-state index contributed by atoms with van der Waals surface area (Å²) in [4.78, 5) is 35.2. The molecule has 2 aromatic heterocycles. The highest BCUT2D eigenvalue weighted by Crippen LogP contribution is 2.27. The predicted octanol–water partition coefficient (Wildman–Crippen LogP) is 3.84. The lowest BCUT2D eigenvalue weighted by molar-refractivity contribution is -0.142. The third-order valence-electron chi connectivity index (χ3n) is 6.84. The zero-order valence-corrected chi connectivity index (χ0v) is 20.7. The molecule has 10 heteroatoms. The summed E-state index contributed by atoms with van der Waals surface area (Å²) in [6.45, 7) is 2.86. The maximum Gasteiger partial charge on any atom is 0.306 e. The van der Waals surface area contributed by atoms with E-state index < -0.39 is 12.3 Å². The van der Waals surface area contributed by atoms with Crippen molar-refractivity contribution in [3.05, 3.63) is 70.8 Å². The van der Waals surface area contributed by atoms with Crippen molar-refractivity contribution in [2.75, 3.05) is 18.0 Å². The molecule has 0 spiro atoms. The van der Waals surface area contributed by atoms with Crippen molar-refractivity contribution in [1.82, 2.24) is 19.3 Å². The van der Waals surface area contributed by atoms with Crippen molar-refractivity contribution in [2.24, 2.45) is 13.0 Å². The second kappa shape index (κ2) is 10.0. The van der Waals surface area contributed by atoms with Gasteiger partial charge in [-0.3, -0.25) is 19.0 Å². The molecule has 1 N–H and O–H groups in total. The Hall–Kier alpha value is -4.21. The number of aliphatic carboxylic acids is 1. The number of carboxylic acid groups (broad SMARTS) is 1. The largest absolute Gasteiger partial charge is 0.481 e. The minimum absolute atomic E-state index is 0.129. The summed E-state index contributed by atoms with van der Waals surface area (Å²) in [7, 11) is 1.70. The zero-order valence-electron chi connectivity index (χ0n) is 20.7. The molecule has 37 heavy (non-hydrogen) atoms. The van der Waals surface area contributed by atoms with Crippen molar-refractivity contribution in [3.63, 3.8) is 0 Å². The monoisotopic (exact) mass is 505 g/mol. The molecule has 9 nitrogen and oxygen atoms in total. The number of hydrogen-bond donors (Lipinski definition) is 1. The quantitative estimate of drug-likeness (QED) is 0.407. The predicted molar refractivity (Wildman–Crippen MR) is 138 cm³/mol. The molecule has 2 aromatic carbocycles. The van der Waals surface area contributed by atoms with Gasteiger partial charge in [0.1, 0.15) is 5.75 Å². The van der Waals surface area contributed by atoms with Gasteiger partial charge in [-0.15, -0.1) is 0 Å². The Morgan fingerprint density at radius 3 is 2.51 bits per heavy atom. The smallest absolute Gasteiger partial charge is 0.306 e. The molecule has 0 radical (unpaired) electrons. The lowest BCUT2D eigenvalue weighted by Gasteiger charge is -2.30. The lowest BCUT2D eigenvalue weighted by Crippen LogP contribution is -2.37. The normalized spacial score (nSPS) is 15.2. The molecule has 192 valence electrons. The summed E-state index contributed by atoms with van der Waals surface area (Å²) >= 11 is 0. The number of fused-ring (bicyclic) bond motifs is 1. The maximum absolute atomic E-state index is 13.6. The molecule has 0 aliphatic carbocycles. The van der Waals surface area contributed by atoms with Gasteiger partial charge in [0.2, 0.25) is 12.3 Å². The second-order valence-electron chi connectivity index (χ2n) is 9.26. The average Bonchev–Trinajstić information content (AvgIpc) is 3.14. The first-order chi connectivity index (χ1) is 17.8. The van der Waals surface area contributed by atoms with Crippen LogP contribution in [0, 0.1) is 5.92 Å². The van der Waals surface area contributed by atoms with Gasteiger partial charge in [0, 0.05) is 50.6 Å². The van der Waals surface area contributed by atoms with E-state index in [0.29, 0.717) is 49.6 Å². The van der Waals surface area contributed by atoms with Crippen molar-refractivity contribution >= 4 is 22.8 Å². The van der Waals surface area contributed by atoms with Gasteiger partial charge in [-0.1, -0.05) is 24.3 Å². The van der Waals surface area contributed by atoms with Crippen LogP contribution >= 0.6 is 0 Å². The van der Waals surface area contributed by atoms with Crippen LogP contribution in [-0.2, 0) is 18.4 Å². The summed E-state index contributed by atoms with van der Waals surface area (Å²) < 4.78 is 22.3. The fourth-order valence-electron chi connectivity index (χ4n) is 4.79. The molecule has 5 rings (SSSR count). The van der Waals surface area contributed by atoms with Gasteiger partial charge < -0.3 is 14.7 Å². The van der Waals surface area contributed by atoms with Gasteiger partial charge in [0.25, 0.3) is 5.56 Å². The Labute approximate surface area is 212 Å². The summed E-state index contributed by atoms with van der Waals surface area (Å²) in [5, 5.41) is 9.78. The van der Waals surface area contributed by atoms with E-state index in [-0.39, 0.29) is 11.5 Å². The molecule has 1 fully saturated rings. The van der Waals surface area contributed by atoms with Crippen molar-refractivity contribution in [1.29, 1.82) is 0 Å². The van der Waals surface area contributed by atoms with Crippen molar-refractivity contribution in [2.45, 2.75) is 32.7 Å². The molecule has 1 saturated heterocycles. The van der Waals surface area contributed by atoms with Gasteiger partial charge in [-0.2, -0.15) is 0 Å². The molecule has 1 aliphatic rings. The van der Waals surface area contributed by atoms with Crippen LogP contribution in [0.2, 0.25) is 0 Å². The van der Waals surface area contributed by atoms with Crippen LogP contribution in [-0.4, -0.2) is 49.9 Å². The summed E-state index contributed by atoms with van der Waals surface area (Å²) in [6, 6.07) is 12.8. The Kier molecular flexibility index (Phi) is 6.64.